The number of hydrogen-bond acceptors (Lipinski definition) is 3. The van der Waals surface area contributed by atoms with Crippen molar-refractivity contribution in [2.75, 3.05) is 11.5 Å². The molecule has 2 aromatic rings. The Morgan fingerprint density at radius 3 is 2.14 bits per heavy atom. The standard InChI is InChI=1S/C18H15NO3/c1-12(2)11-22-16-10-6-5-9-15(16)19-17(20)13-7-3-4-8-14(13)18(19)21/h3-10H,1,11H2,2H3. The number of benzene rings is 2. The van der Waals surface area contributed by atoms with Gasteiger partial charge in [-0.3, -0.25) is 9.59 Å². The lowest BCUT2D eigenvalue weighted by atomic mass is 10.1. The van der Waals surface area contributed by atoms with Crippen LogP contribution in [0.15, 0.2) is 60.7 Å². The molecule has 2 amide bonds. The summed E-state index contributed by atoms with van der Waals surface area (Å²) in [5.74, 6) is -0.168. The summed E-state index contributed by atoms with van der Waals surface area (Å²) in [7, 11) is 0. The summed E-state index contributed by atoms with van der Waals surface area (Å²) in [5.41, 5.74) is 2.15. The van der Waals surface area contributed by atoms with Crippen molar-refractivity contribution in [1.29, 1.82) is 0 Å². The number of amides is 2. The quantitative estimate of drug-likeness (QED) is 0.641. The second kappa shape index (κ2) is 5.48. The maximum absolute atomic E-state index is 12.5. The average Bonchev–Trinajstić information content (AvgIpc) is 2.78. The van der Waals surface area contributed by atoms with Gasteiger partial charge in [0.1, 0.15) is 12.4 Å². The van der Waals surface area contributed by atoms with Gasteiger partial charge >= 0.3 is 0 Å². The van der Waals surface area contributed by atoms with E-state index in [0.717, 1.165) is 5.57 Å². The number of carbonyl (C=O) groups excluding carboxylic acids is 2. The topological polar surface area (TPSA) is 46.6 Å². The average molecular weight is 293 g/mol. The molecule has 0 spiro atoms. The van der Waals surface area contributed by atoms with Gasteiger partial charge in [-0.25, -0.2) is 4.90 Å². The highest BCUT2D eigenvalue weighted by Gasteiger charge is 2.37. The normalized spacial score (nSPS) is 13.2. The Morgan fingerprint density at radius 1 is 1.00 bits per heavy atom. The van der Waals surface area contributed by atoms with Crippen LogP contribution >= 0.6 is 0 Å². The molecular formula is C18H15NO3. The van der Waals surface area contributed by atoms with E-state index in [1.165, 1.54) is 4.90 Å². The number of hydrogen-bond donors (Lipinski definition) is 0. The van der Waals surface area contributed by atoms with E-state index < -0.39 is 0 Å². The van der Waals surface area contributed by atoms with Gasteiger partial charge in [-0.15, -0.1) is 0 Å². The summed E-state index contributed by atoms with van der Waals surface area (Å²) in [6, 6.07) is 13.8. The Labute approximate surface area is 128 Å². The first-order valence-electron chi connectivity index (χ1n) is 6.93. The molecule has 4 heteroatoms. The molecule has 0 aliphatic carbocycles. The van der Waals surface area contributed by atoms with E-state index in [2.05, 4.69) is 6.58 Å². The minimum absolute atomic E-state index is 0.327. The molecule has 0 fully saturated rings. The van der Waals surface area contributed by atoms with Gasteiger partial charge in [0.15, 0.2) is 0 Å². The lowest BCUT2D eigenvalue weighted by molar-refractivity contribution is 0.0925. The fourth-order valence-corrected chi connectivity index (χ4v) is 2.37. The summed E-state index contributed by atoms with van der Waals surface area (Å²) < 4.78 is 5.66. The fraction of sp³-hybridized carbons (Fsp3) is 0.111. The van der Waals surface area contributed by atoms with Crippen LogP contribution in [0.25, 0.3) is 0 Å². The van der Waals surface area contributed by atoms with E-state index in [1.54, 1.807) is 48.5 Å². The van der Waals surface area contributed by atoms with Crippen LogP contribution in [0.5, 0.6) is 5.75 Å². The molecule has 0 saturated carbocycles. The largest absolute Gasteiger partial charge is 0.487 e. The number of anilines is 1. The third-order valence-electron chi connectivity index (χ3n) is 3.37. The van der Waals surface area contributed by atoms with Crippen LogP contribution in [0.1, 0.15) is 27.6 Å². The molecule has 0 aromatic heterocycles. The van der Waals surface area contributed by atoms with Crippen molar-refractivity contribution in [3.8, 4) is 5.75 Å². The Hall–Kier alpha value is -2.88. The SMILES string of the molecule is C=C(C)COc1ccccc1N1C(=O)c2ccccc2C1=O. The van der Waals surface area contributed by atoms with Crippen molar-refractivity contribution < 1.29 is 14.3 Å². The molecule has 4 nitrogen and oxygen atoms in total. The predicted molar refractivity (Wildman–Crippen MR) is 84.3 cm³/mol. The summed E-state index contributed by atoms with van der Waals surface area (Å²) in [6.07, 6.45) is 0. The predicted octanol–water partition coefficient (Wildman–Crippen LogP) is 3.44. The van der Waals surface area contributed by atoms with Crippen LogP contribution in [-0.2, 0) is 0 Å². The molecule has 3 rings (SSSR count). The van der Waals surface area contributed by atoms with Crippen molar-refractivity contribution in [2.45, 2.75) is 6.92 Å². The van der Waals surface area contributed by atoms with Gasteiger partial charge in [-0.2, -0.15) is 0 Å². The van der Waals surface area contributed by atoms with Crippen LogP contribution in [0, 0.1) is 0 Å². The minimum atomic E-state index is -0.327. The van der Waals surface area contributed by atoms with Crippen LogP contribution in [0.2, 0.25) is 0 Å². The Morgan fingerprint density at radius 2 is 1.55 bits per heavy atom. The molecule has 110 valence electrons. The molecule has 0 saturated heterocycles. The number of carbonyl (C=O) groups is 2. The molecule has 0 N–H and O–H groups in total. The Balaban J connectivity index is 2.01. The molecule has 0 radical (unpaired) electrons. The highest BCUT2D eigenvalue weighted by molar-refractivity contribution is 6.34. The van der Waals surface area contributed by atoms with Crippen LogP contribution < -0.4 is 9.64 Å². The van der Waals surface area contributed by atoms with Crippen LogP contribution in [0.4, 0.5) is 5.69 Å². The highest BCUT2D eigenvalue weighted by Crippen LogP contribution is 2.34. The Bertz CT molecular complexity index is 744. The van der Waals surface area contributed by atoms with E-state index >= 15 is 0 Å². The third-order valence-corrected chi connectivity index (χ3v) is 3.37. The molecular weight excluding hydrogens is 278 g/mol. The molecule has 1 aliphatic heterocycles. The van der Waals surface area contributed by atoms with E-state index in [9.17, 15) is 9.59 Å². The zero-order chi connectivity index (χ0) is 15.7. The van der Waals surface area contributed by atoms with Crippen molar-refractivity contribution in [3.05, 3.63) is 71.8 Å². The van der Waals surface area contributed by atoms with E-state index in [4.69, 9.17) is 4.74 Å². The smallest absolute Gasteiger partial charge is 0.266 e. The fourth-order valence-electron chi connectivity index (χ4n) is 2.37. The number of imide groups is 1. The Kier molecular flexibility index (Phi) is 3.51. The molecule has 2 aromatic carbocycles. The first kappa shape index (κ1) is 14.1. The van der Waals surface area contributed by atoms with E-state index in [1.807, 2.05) is 6.92 Å². The molecule has 0 atom stereocenters. The van der Waals surface area contributed by atoms with Gasteiger partial charge in [0.25, 0.3) is 11.8 Å². The van der Waals surface area contributed by atoms with Gasteiger partial charge < -0.3 is 4.74 Å². The van der Waals surface area contributed by atoms with Gasteiger partial charge in [0.05, 0.1) is 16.8 Å². The minimum Gasteiger partial charge on any atom is -0.487 e. The summed E-state index contributed by atoms with van der Waals surface area (Å²) >= 11 is 0. The van der Waals surface area contributed by atoms with Crippen LogP contribution in [-0.4, -0.2) is 18.4 Å². The number of fused-ring (bicyclic) bond motifs is 1. The van der Waals surface area contributed by atoms with Crippen molar-refractivity contribution in [1.82, 2.24) is 0 Å². The number of nitrogens with zero attached hydrogens (tertiary/aromatic N) is 1. The van der Waals surface area contributed by atoms with E-state index in [-0.39, 0.29) is 11.8 Å². The van der Waals surface area contributed by atoms with Crippen molar-refractivity contribution in [3.63, 3.8) is 0 Å². The van der Waals surface area contributed by atoms with Gasteiger partial charge in [0, 0.05) is 0 Å². The molecule has 0 bridgehead atoms. The maximum Gasteiger partial charge on any atom is 0.266 e. The number of para-hydroxylation sites is 2. The number of ether oxygens (including phenoxy) is 1. The molecule has 22 heavy (non-hydrogen) atoms. The summed E-state index contributed by atoms with van der Waals surface area (Å²) in [4.78, 5) is 26.2. The lowest BCUT2D eigenvalue weighted by Crippen LogP contribution is -2.29. The second-order valence-corrected chi connectivity index (χ2v) is 5.20. The first-order valence-corrected chi connectivity index (χ1v) is 6.93. The van der Waals surface area contributed by atoms with Gasteiger partial charge in [0.2, 0.25) is 0 Å². The van der Waals surface area contributed by atoms with Crippen molar-refractivity contribution >= 4 is 17.5 Å². The van der Waals surface area contributed by atoms with Crippen molar-refractivity contribution in [2.24, 2.45) is 0 Å². The van der Waals surface area contributed by atoms with Crippen LogP contribution in [0.3, 0.4) is 0 Å². The molecule has 1 heterocycles. The second-order valence-electron chi connectivity index (χ2n) is 5.20. The molecule has 1 aliphatic rings. The zero-order valence-electron chi connectivity index (χ0n) is 12.2. The number of rotatable bonds is 4. The summed E-state index contributed by atoms with van der Waals surface area (Å²) in [5, 5.41) is 0. The monoisotopic (exact) mass is 293 g/mol. The first-order chi connectivity index (χ1) is 10.6. The third kappa shape index (κ3) is 2.29. The van der Waals surface area contributed by atoms with E-state index in [0.29, 0.717) is 29.2 Å². The zero-order valence-corrected chi connectivity index (χ0v) is 12.2. The summed E-state index contributed by atoms with van der Waals surface area (Å²) in [6.45, 7) is 5.97. The maximum atomic E-state index is 12.5. The molecule has 0 unspecified atom stereocenters. The highest BCUT2D eigenvalue weighted by atomic mass is 16.5. The van der Waals surface area contributed by atoms with Gasteiger partial charge in [-0.1, -0.05) is 30.8 Å². The van der Waals surface area contributed by atoms with Gasteiger partial charge in [-0.05, 0) is 36.8 Å². The lowest BCUT2D eigenvalue weighted by Gasteiger charge is -2.18.